The van der Waals surface area contributed by atoms with Gasteiger partial charge in [0.2, 0.25) is 11.6 Å². The van der Waals surface area contributed by atoms with Crippen molar-refractivity contribution in [3.05, 3.63) is 12.2 Å². The van der Waals surface area contributed by atoms with Crippen LogP contribution in [0.1, 0.15) is 52.4 Å². The van der Waals surface area contributed by atoms with E-state index in [0.717, 1.165) is 38.5 Å². The molecule has 4 rings (SSSR count). The Hall–Kier alpha value is -0.960. The molecular weight excluding hydrogens is 276 g/mol. The largest absolute Gasteiger partial charge is 0.393 e. The van der Waals surface area contributed by atoms with Gasteiger partial charge in [-0.25, -0.2) is 0 Å². The fourth-order valence-corrected chi connectivity index (χ4v) is 6.58. The molecule has 0 aromatic rings. The van der Waals surface area contributed by atoms with Crippen LogP contribution in [-0.4, -0.2) is 22.8 Å². The number of Topliss-reactive ketones (excluding diaryl/α,β-unsaturated/α-hetero) is 1. The van der Waals surface area contributed by atoms with Gasteiger partial charge in [0.1, 0.15) is 0 Å². The molecule has 3 fully saturated rings. The minimum absolute atomic E-state index is 0.175. The summed E-state index contributed by atoms with van der Waals surface area (Å²) in [6, 6.07) is 0. The Labute approximate surface area is 132 Å². The Morgan fingerprint density at radius 3 is 2.59 bits per heavy atom. The van der Waals surface area contributed by atoms with Crippen molar-refractivity contribution in [2.75, 3.05) is 0 Å². The molecule has 7 atom stereocenters. The number of carbonyl (C=O) groups excluding carboxylic acids is 2. The molecule has 3 heteroatoms. The van der Waals surface area contributed by atoms with Crippen LogP contribution in [0.2, 0.25) is 0 Å². The zero-order chi connectivity index (χ0) is 15.7. The Balaban J connectivity index is 1.75. The number of aliphatic hydroxyl groups excluding tert-OH is 1. The van der Waals surface area contributed by atoms with Crippen LogP contribution in [0.25, 0.3) is 0 Å². The van der Waals surface area contributed by atoms with Crippen LogP contribution < -0.4 is 0 Å². The molecule has 0 bridgehead atoms. The smallest absolute Gasteiger partial charge is 0.221 e. The standard InChI is InChI=1S/C19H26O3/c1-18-9-7-13-12(16(18)14(20)8-10-18)5-3-11-4-6-15(21)17(22)19(11,13)2/h4,6,11-14,16,20H,3,5,7-10H2,1-2H3/t11?,12-,13+,14?,16-,18-,19+/m1/s1. The van der Waals surface area contributed by atoms with Crippen LogP contribution in [-0.2, 0) is 9.59 Å². The predicted molar refractivity (Wildman–Crippen MR) is 83.0 cm³/mol. The fourth-order valence-electron chi connectivity index (χ4n) is 6.58. The first-order valence-corrected chi connectivity index (χ1v) is 8.83. The van der Waals surface area contributed by atoms with Crippen molar-refractivity contribution in [3.63, 3.8) is 0 Å². The Morgan fingerprint density at radius 1 is 1.09 bits per heavy atom. The van der Waals surface area contributed by atoms with Crippen molar-refractivity contribution in [1.29, 1.82) is 0 Å². The van der Waals surface area contributed by atoms with Crippen molar-refractivity contribution in [2.45, 2.75) is 58.5 Å². The zero-order valence-corrected chi connectivity index (χ0v) is 13.5. The van der Waals surface area contributed by atoms with E-state index in [2.05, 4.69) is 6.92 Å². The summed E-state index contributed by atoms with van der Waals surface area (Å²) in [7, 11) is 0. The highest BCUT2D eigenvalue weighted by atomic mass is 16.3. The summed E-state index contributed by atoms with van der Waals surface area (Å²) in [5, 5.41) is 10.6. The molecule has 22 heavy (non-hydrogen) atoms. The number of allylic oxidation sites excluding steroid dienone is 2. The second-order valence-electron chi connectivity index (χ2n) is 8.61. The molecule has 0 saturated heterocycles. The maximum absolute atomic E-state index is 12.7. The maximum Gasteiger partial charge on any atom is 0.221 e. The molecule has 0 aromatic heterocycles. The SMILES string of the molecule is C[C@@]12CCC(O)[C@H]1[C@@H]1CCC3C=CC(=O)C(=O)[C@]3(C)[C@H]1CC2. The topological polar surface area (TPSA) is 54.4 Å². The van der Waals surface area contributed by atoms with Crippen molar-refractivity contribution in [2.24, 2.45) is 34.5 Å². The summed E-state index contributed by atoms with van der Waals surface area (Å²) in [5.41, 5.74) is -0.292. The highest BCUT2D eigenvalue weighted by molar-refractivity contribution is 6.44. The highest BCUT2D eigenvalue weighted by Crippen LogP contribution is 2.64. The van der Waals surface area contributed by atoms with Gasteiger partial charge in [0.15, 0.2) is 0 Å². The third kappa shape index (κ3) is 1.66. The first kappa shape index (κ1) is 14.6. The molecule has 0 heterocycles. The molecule has 3 saturated carbocycles. The summed E-state index contributed by atoms with van der Waals surface area (Å²) in [6.07, 6.45) is 9.45. The van der Waals surface area contributed by atoms with Gasteiger partial charge in [-0.15, -0.1) is 0 Å². The highest BCUT2D eigenvalue weighted by Gasteiger charge is 2.62. The summed E-state index contributed by atoms with van der Waals surface area (Å²) in [6.45, 7) is 4.36. The van der Waals surface area contributed by atoms with E-state index < -0.39 is 5.41 Å². The minimum atomic E-state index is -0.529. The van der Waals surface area contributed by atoms with Gasteiger partial charge in [-0.1, -0.05) is 19.9 Å². The quantitative estimate of drug-likeness (QED) is 0.700. The normalized spacial score (nSPS) is 53.9. The summed E-state index contributed by atoms with van der Waals surface area (Å²) >= 11 is 0. The van der Waals surface area contributed by atoms with Crippen LogP contribution in [0.4, 0.5) is 0 Å². The average molecular weight is 302 g/mol. The summed E-state index contributed by atoms with van der Waals surface area (Å²) in [5.74, 6) is 0.699. The van der Waals surface area contributed by atoms with Crippen molar-refractivity contribution in [3.8, 4) is 0 Å². The first-order valence-electron chi connectivity index (χ1n) is 8.83. The lowest BCUT2D eigenvalue weighted by molar-refractivity contribution is -0.156. The van der Waals surface area contributed by atoms with Crippen LogP contribution >= 0.6 is 0 Å². The third-order valence-electron chi connectivity index (χ3n) is 7.78. The van der Waals surface area contributed by atoms with Crippen molar-refractivity contribution >= 4 is 11.6 Å². The third-order valence-corrected chi connectivity index (χ3v) is 7.78. The van der Waals surface area contributed by atoms with E-state index in [1.807, 2.05) is 13.0 Å². The van der Waals surface area contributed by atoms with E-state index in [1.54, 1.807) is 0 Å². The summed E-state index contributed by atoms with van der Waals surface area (Å²) < 4.78 is 0. The molecule has 120 valence electrons. The lowest BCUT2D eigenvalue weighted by Gasteiger charge is -2.57. The average Bonchev–Trinajstić information content (AvgIpc) is 2.80. The van der Waals surface area contributed by atoms with E-state index in [0.29, 0.717) is 11.8 Å². The lowest BCUT2D eigenvalue weighted by Crippen LogP contribution is -2.57. The number of fused-ring (bicyclic) bond motifs is 5. The molecule has 0 radical (unpaired) electrons. The fraction of sp³-hybridized carbons (Fsp3) is 0.789. The van der Waals surface area contributed by atoms with Gasteiger partial charge in [0.25, 0.3) is 0 Å². The molecular formula is C19H26O3. The molecule has 4 aliphatic carbocycles. The van der Waals surface area contributed by atoms with E-state index in [1.165, 1.54) is 6.08 Å². The Kier molecular flexibility index (Phi) is 3.01. The molecule has 0 aliphatic heterocycles. The second-order valence-corrected chi connectivity index (χ2v) is 8.61. The zero-order valence-electron chi connectivity index (χ0n) is 13.5. The van der Waals surface area contributed by atoms with Crippen LogP contribution in [0.3, 0.4) is 0 Å². The number of rotatable bonds is 0. The van der Waals surface area contributed by atoms with Gasteiger partial charge in [-0.2, -0.15) is 0 Å². The van der Waals surface area contributed by atoms with Crippen LogP contribution in [0.5, 0.6) is 0 Å². The van der Waals surface area contributed by atoms with Crippen molar-refractivity contribution in [1.82, 2.24) is 0 Å². The van der Waals surface area contributed by atoms with E-state index in [9.17, 15) is 14.7 Å². The number of hydrogen-bond acceptors (Lipinski definition) is 3. The van der Waals surface area contributed by atoms with Gasteiger partial charge in [0, 0.05) is 5.41 Å². The molecule has 0 spiro atoms. The van der Waals surface area contributed by atoms with Gasteiger partial charge in [-0.05, 0) is 73.7 Å². The van der Waals surface area contributed by atoms with Crippen LogP contribution in [0.15, 0.2) is 12.2 Å². The van der Waals surface area contributed by atoms with E-state index >= 15 is 0 Å². The monoisotopic (exact) mass is 302 g/mol. The number of aliphatic hydroxyl groups is 1. The lowest BCUT2D eigenvalue weighted by atomic mass is 9.45. The Bertz CT molecular complexity index is 565. The number of carbonyl (C=O) groups is 2. The van der Waals surface area contributed by atoms with E-state index in [4.69, 9.17) is 0 Å². The second kappa shape index (κ2) is 4.53. The molecule has 1 N–H and O–H groups in total. The maximum atomic E-state index is 12.7. The van der Waals surface area contributed by atoms with Crippen LogP contribution in [0, 0.1) is 34.5 Å². The van der Waals surface area contributed by atoms with Gasteiger partial charge < -0.3 is 5.11 Å². The number of hydrogen-bond donors (Lipinski definition) is 1. The minimum Gasteiger partial charge on any atom is -0.393 e. The Morgan fingerprint density at radius 2 is 1.82 bits per heavy atom. The summed E-state index contributed by atoms with van der Waals surface area (Å²) in [4.78, 5) is 24.7. The predicted octanol–water partition coefficient (Wildman–Crippen LogP) is 2.91. The number of ketones is 2. The first-order chi connectivity index (χ1) is 10.4. The molecule has 3 nitrogen and oxygen atoms in total. The molecule has 4 aliphatic rings. The van der Waals surface area contributed by atoms with Crippen molar-refractivity contribution < 1.29 is 14.7 Å². The molecule has 2 unspecified atom stereocenters. The molecule has 0 amide bonds. The van der Waals surface area contributed by atoms with Gasteiger partial charge >= 0.3 is 0 Å². The van der Waals surface area contributed by atoms with Gasteiger partial charge in [-0.3, -0.25) is 9.59 Å². The van der Waals surface area contributed by atoms with E-state index in [-0.39, 0.29) is 34.9 Å². The molecule has 0 aromatic carbocycles. The van der Waals surface area contributed by atoms with Gasteiger partial charge in [0.05, 0.1) is 6.10 Å².